The van der Waals surface area contributed by atoms with Crippen molar-refractivity contribution < 1.29 is 27.1 Å². The molecule has 0 aliphatic heterocycles. The summed E-state index contributed by atoms with van der Waals surface area (Å²) in [5, 5.41) is 2.58. The molecule has 0 unspecified atom stereocenters. The van der Waals surface area contributed by atoms with Gasteiger partial charge in [0.25, 0.3) is 0 Å². The molecule has 0 spiro atoms. The first kappa shape index (κ1) is 19.7. The van der Waals surface area contributed by atoms with Gasteiger partial charge in [-0.25, -0.2) is 12.8 Å². The standard InChI is InChI=1S/C17H19FN2O5S/c1-20(11-17(21)19-13-5-4-6-14(10-13)24-2)26(22,23)16-9-12(18)7-8-15(16)25-3/h4-10H,11H2,1-3H3,(H,19,21). The zero-order valence-corrected chi connectivity index (χ0v) is 15.3. The Labute approximate surface area is 151 Å². The van der Waals surface area contributed by atoms with E-state index in [4.69, 9.17) is 9.47 Å². The number of rotatable bonds is 7. The molecule has 0 bridgehead atoms. The van der Waals surface area contributed by atoms with Crippen LogP contribution in [0.25, 0.3) is 0 Å². The molecule has 9 heteroatoms. The molecule has 0 atom stereocenters. The average Bonchev–Trinajstić information content (AvgIpc) is 2.61. The van der Waals surface area contributed by atoms with Crippen molar-refractivity contribution in [2.24, 2.45) is 0 Å². The lowest BCUT2D eigenvalue weighted by Gasteiger charge is -2.18. The van der Waals surface area contributed by atoms with Crippen LogP contribution in [0, 0.1) is 5.82 Å². The fraction of sp³-hybridized carbons (Fsp3) is 0.235. The van der Waals surface area contributed by atoms with Crippen LogP contribution < -0.4 is 14.8 Å². The maximum Gasteiger partial charge on any atom is 0.247 e. The Bertz CT molecular complexity index is 902. The summed E-state index contributed by atoms with van der Waals surface area (Å²) in [4.78, 5) is 11.8. The number of benzene rings is 2. The van der Waals surface area contributed by atoms with Crippen LogP contribution in [0.3, 0.4) is 0 Å². The second-order valence-corrected chi connectivity index (χ2v) is 7.35. The third-order valence-corrected chi connectivity index (χ3v) is 5.36. The first-order valence-corrected chi connectivity index (χ1v) is 8.95. The van der Waals surface area contributed by atoms with Gasteiger partial charge in [-0.15, -0.1) is 0 Å². The van der Waals surface area contributed by atoms with E-state index in [0.717, 1.165) is 16.4 Å². The van der Waals surface area contributed by atoms with Crippen molar-refractivity contribution in [1.82, 2.24) is 4.31 Å². The molecule has 1 N–H and O–H groups in total. The number of amides is 1. The van der Waals surface area contributed by atoms with Crippen LogP contribution in [0.4, 0.5) is 10.1 Å². The Kier molecular flexibility index (Phi) is 6.17. The molecule has 0 aliphatic rings. The molecule has 2 rings (SSSR count). The SMILES string of the molecule is COc1cccc(NC(=O)CN(C)S(=O)(=O)c2cc(F)ccc2OC)c1. The highest BCUT2D eigenvalue weighted by Gasteiger charge is 2.27. The van der Waals surface area contributed by atoms with E-state index in [0.29, 0.717) is 11.4 Å². The molecule has 7 nitrogen and oxygen atoms in total. The van der Waals surface area contributed by atoms with Gasteiger partial charge in [-0.3, -0.25) is 4.79 Å². The van der Waals surface area contributed by atoms with E-state index >= 15 is 0 Å². The lowest BCUT2D eigenvalue weighted by Crippen LogP contribution is -2.35. The van der Waals surface area contributed by atoms with Crippen molar-refractivity contribution in [2.45, 2.75) is 4.90 Å². The fourth-order valence-corrected chi connectivity index (χ4v) is 3.50. The maximum atomic E-state index is 13.5. The Hall–Kier alpha value is -2.65. The second-order valence-electron chi connectivity index (χ2n) is 5.34. The van der Waals surface area contributed by atoms with Crippen molar-refractivity contribution >= 4 is 21.6 Å². The molecule has 0 fully saturated rings. The summed E-state index contributed by atoms with van der Waals surface area (Å²) in [5.74, 6) is -0.738. The van der Waals surface area contributed by atoms with Crippen LogP contribution >= 0.6 is 0 Å². The van der Waals surface area contributed by atoms with Gasteiger partial charge in [0.1, 0.15) is 22.2 Å². The fourth-order valence-electron chi connectivity index (χ4n) is 2.21. The van der Waals surface area contributed by atoms with E-state index in [2.05, 4.69) is 5.32 Å². The maximum absolute atomic E-state index is 13.5. The minimum absolute atomic E-state index is 0.00791. The van der Waals surface area contributed by atoms with Crippen LogP contribution in [0.1, 0.15) is 0 Å². The van der Waals surface area contributed by atoms with Gasteiger partial charge < -0.3 is 14.8 Å². The van der Waals surface area contributed by atoms with Crippen LogP contribution in [-0.4, -0.2) is 46.4 Å². The van der Waals surface area contributed by atoms with Crippen LogP contribution in [0.5, 0.6) is 11.5 Å². The topological polar surface area (TPSA) is 84.9 Å². The normalized spacial score (nSPS) is 11.3. The molecular formula is C17H19FN2O5S. The van der Waals surface area contributed by atoms with Gasteiger partial charge in [-0.2, -0.15) is 4.31 Å². The van der Waals surface area contributed by atoms with Gasteiger partial charge in [-0.05, 0) is 30.3 Å². The van der Waals surface area contributed by atoms with Gasteiger partial charge in [0.05, 0.1) is 20.8 Å². The van der Waals surface area contributed by atoms with Gasteiger partial charge in [0, 0.05) is 18.8 Å². The van der Waals surface area contributed by atoms with Gasteiger partial charge in [-0.1, -0.05) is 6.07 Å². The highest BCUT2D eigenvalue weighted by molar-refractivity contribution is 7.89. The Morgan fingerprint density at radius 1 is 1.15 bits per heavy atom. The third-order valence-electron chi connectivity index (χ3n) is 3.53. The highest BCUT2D eigenvalue weighted by atomic mass is 32.2. The number of sulfonamides is 1. The van der Waals surface area contributed by atoms with Crippen molar-refractivity contribution in [2.75, 3.05) is 33.1 Å². The van der Waals surface area contributed by atoms with Crippen LogP contribution in [-0.2, 0) is 14.8 Å². The molecule has 2 aromatic rings. The molecule has 2 aromatic carbocycles. The Balaban J connectivity index is 2.16. The molecule has 1 amide bonds. The summed E-state index contributed by atoms with van der Waals surface area (Å²) in [7, 11) is -0.121. The Morgan fingerprint density at radius 2 is 1.88 bits per heavy atom. The number of likely N-dealkylation sites (N-methyl/N-ethyl adjacent to an activating group) is 1. The molecule has 140 valence electrons. The van der Waals surface area contributed by atoms with E-state index in [9.17, 15) is 17.6 Å². The number of ether oxygens (including phenoxy) is 2. The highest BCUT2D eigenvalue weighted by Crippen LogP contribution is 2.27. The van der Waals surface area contributed by atoms with E-state index in [1.54, 1.807) is 24.3 Å². The number of nitrogens with one attached hydrogen (secondary N) is 1. The minimum Gasteiger partial charge on any atom is -0.497 e. The van der Waals surface area contributed by atoms with Gasteiger partial charge in [0.2, 0.25) is 15.9 Å². The Morgan fingerprint density at radius 3 is 2.54 bits per heavy atom. The molecule has 0 radical (unpaired) electrons. The number of nitrogens with zero attached hydrogens (tertiary/aromatic N) is 1. The molecule has 0 heterocycles. The monoisotopic (exact) mass is 382 g/mol. The average molecular weight is 382 g/mol. The minimum atomic E-state index is -4.12. The molecular weight excluding hydrogens is 363 g/mol. The van der Waals surface area contributed by atoms with Crippen molar-refractivity contribution in [3.05, 3.63) is 48.3 Å². The number of methoxy groups -OCH3 is 2. The largest absolute Gasteiger partial charge is 0.497 e. The van der Waals surface area contributed by atoms with E-state index in [1.807, 2.05) is 0 Å². The number of anilines is 1. The zero-order valence-electron chi connectivity index (χ0n) is 14.5. The van der Waals surface area contributed by atoms with Crippen molar-refractivity contribution in [3.8, 4) is 11.5 Å². The second kappa shape index (κ2) is 8.15. The quantitative estimate of drug-likeness (QED) is 0.793. The van der Waals surface area contributed by atoms with Gasteiger partial charge in [0.15, 0.2) is 0 Å². The number of carbonyl (C=O) groups excluding carboxylic acids is 1. The van der Waals surface area contributed by atoms with Crippen molar-refractivity contribution in [3.63, 3.8) is 0 Å². The summed E-state index contributed by atoms with van der Waals surface area (Å²) in [6.45, 7) is -0.459. The van der Waals surface area contributed by atoms with E-state index in [-0.39, 0.29) is 10.6 Å². The first-order chi connectivity index (χ1) is 12.3. The lowest BCUT2D eigenvalue weighted by molar-refractivity contribution is -0.116. The number of halogens is 1. The van der Waals surface area contributed by atoms with Crippen LogP contribution in [0.2, 0.25) is 0 Å². The summed E-state index contributed by atoms with van der Waals surface area (Å²) < 4.78 is 49.6. The predicted molar refractivity (Wildman–Crippen MR) is 94.4 cm³/mol. The summed E-state index contributed by atoms with van der Waals surface area (Å²) in [6, 6.07) is 9.80. The van der Waals surface area contributed by atoms with Crippen LogP contribution in [0.15, 0.2) is 47.4 Å². The molecule has 0 saturated heterocycles. The molecule has 0 aromatic heterocycles. The summed E-state index contributed by atoms with van der Waals surface area (Å²) >= 11 is 0. The number of hydrogen-bond acceptors (Lipinski definition) is 5. The predicted octanol–water partition coefficient (Wildman–Crippen LogP) is 2.10. The summed E-state index contributed by atoms with van der Waals surface area (Å²) in [6.07, 6.45) is 0. The third kappa shape index (κ3) is 4.50. The van der Waals surface area contributed by atoms with Gasteiger partial charge >= 0.3 is 0 Å². The first-order valence-electron chi connectivity index (χ1n) is 7.51. The van der Waals surface area contributed by atoms with E-state index < -0.39 is 28.3 Å². The van der Waals surface area contributed by atoms with E-state index in [1.165, 1.54) is 27.3 Å². The number of carbonyl (C=O) groups is 1. The lowest BCUT2D eigenvalue weighted by atomic mass is 10.3. The number of hydrogen-bond donors (Lipinski definition) is 1. The molecule has 0 aliphatic carbocycles. The zero-order chi connectivity index (χ0) is 19.3. The van der Waals surface area contributed by atoms with Crippen molar-refractivity contribution in [1.29, 1.82) is 0 Å². The smallest absolute Gasteiger partial charge is 0.247 e. The summed E-state index contributed by atoms with van der Waals surface area (Å²) in [5.41, 5.74) is 0.462. The molecule has 26 heavy (non-hydrogen) atoms. The molecule has 0 saturated carbocycles.